The maximum Gasteiger partial charge on any atom is 0.153 e. The van der Waals surface area contributed by atoms with Crippen LogP contribution in [0.4, 0.5) is 0 Å². The number of hydrogen-bond donors (Lipinski definition) is 0. The summed E-state index contributed by atoms with van der Waals surface area (Å²) in [6, 6.07) is 3.98. The summed E-state index contributed by atoms with van der Waals surface area (Å²) in [5, 5.41) is 0. The molecule has 2 aliphatic heterocycles. The molecule has 0 spiro atoms. The highest BCUT2D eigenvalue weighted by Crippen LogP contribution is 2.52. The van der Waals surface area contributed by atoms with Gasteiger partial charge in [0, 0.05) is 13.2 Å². The highest BCUT2D eigenvalue weighted by molar-refractivity contribution is 7.91. The van der Waals surface area contributed by atoms with E-state index < -0.39 is 9.84 Å². The van der Waals surface area contributed by atoms with Crippen molar-refractivity contribution in [1.29, 1.82) is 0 Å². The molecule has 15 heavy (non-hydrogen) atoms. The summed E-state index contributed by atoms with van der Waals surface area (Å²) in [4.78, 5) is 0. The molecule has 0 aromatic carbocycles. The fourth-order valence-electron chi connectivity index (χ4n) is 2.48. The average Bonchev–Trinajstić information content (AvgIpc) is 2.68. The number of epoxide rings is 1. The van der Waals surface area contributed by atoms with Gasteiger partial charge in [-0.2, -0.15) is 0 Å². The van der Waals surface area contributed by atoms with Crippen molar-refractivity contribution in [2.45, 2.75) is 18.1 Å². The van der Waals surface area contributed by atoms with Crippen molar-refractivity contribution in [1.82, 2.24) is 4.57 Å². The minimum atomic E-state index is -2.87. The van der Waals surface area contributed by atoms with Crippen LogP contribution < -0.4 is 0 Å². The van der Waals surface area contributed by atoms with Crippen molar-refractivity contribution < 1.29 is 13.2 Å². The maximum atomic E-state index is 11.4. The normalized spacial score (nSPS) is 37.3. The van der Waals surface area contributed by atoms with Gasteiger partial charge in [-0.15, -0.1) is 0 Å². The van der Waals surface area contributed by atoms with E-state index >= 15 is 0 Å². The summed E-state index contributed by atoms with van der Waals surface area (Å²) >= 11 is 0. The van der Waals surface area contributed by atoms with Crippen LogP contribution in [0.15, 0.2) is 18.3 Å². The zero-order chi connectivity index (χ0) is 10.7. The Hall–Kier alpha value is -0.810. The number of ether oxygens (including phenoxy) is 1. The minimum Gasteiger partial charge on any atom is -0.358 e. The Kier molecular flexibility index (Phi) is 1.66. The van der Waals surface area contributed by atoms with Crippen molar-refractivity contribution >= 4 is 9.84 Å². The molecule has 4 nitrogen and oxygen atoms in total. The smallest absolute Gasteiger partial charge is 0.153 e. The SMILES string of the molecule is Cn1cccc1C12CCS(=O)(=O)CC1O2. The zero-order valence-electron chi connectivity index (χ0n) is 8.51. The molecule has 2 fully saturated rings. The van der Waals surface area contributed by atoms with E-state index in [0.717, 1.165) is 5.69 Å². The van der Waals surface area contributed by atoms with Gasteiger partial charge in [0.05, 0.1) is 17.2 Å². The van der Waals surface area contributed by atoms with E-state index in [9.17, 15) is 8.42 Å². The molecule has 0 radical (unpaired) electrons. The molecule has 2 aliphatic rings. The van der Waals surface area contributed by atoms with Crippen LogP contribution in [-0.2, 0) is 27.2 Å². The van der Waals surface area contributed by atoms with E-state index in [1.54, 1.807) is 0 Å². The van der Waals surface area contributed by atoms with Gasteiger partial charge in [-0.1, -0.05) is 0 Å². The topological polar surface area (TPSA) is 51.6 Å². The Labute approximate surface area is 88.8 Å². The molecule has 2 atom stereocenters. The monoisotopic (exact) mass is 227 g/mol. The number of nitrogens with zero attached hydrogens (tertiary/aromatic N) is 1. The summed E-state index contributed by atoms with van der Waals surface area (Å²) in [6.45, 7) is 0. The van der Waals surface area contributed by atoms with Crippen molar-refractivity contribution in [3.05, 3.63) is 24.0 Å². The molecule has 82 valence electrons. The Balaban J connectivity index is 1.96. The first-order valence-corrected chi connectivity index (χ1v) is 6.86. The van der Waals surface area contributed by atoms with Crippen LogP contribution in [0.25, 0.3) is 0 Å². The van der Waals surface area contributed by atoms with Crippen LogP contribution in [0.1, 0.15) is 12.1 Å². The lowest BCUT2D eigenvalue weighted by Crippen LogP contribution is -2.31. The van der Waals surface area contributed by atoms with Gasteiger partial charge in [0.25, 0.3) is 0 Å². The number of aryl methyl sites for hydroxylation is 1. The van der Waals surface area contributed by atoms with E-state index in [1.165, 1.54) is 0 Å². The Morgan fingerprint density at radius 2 is 2.40 bits per heavy atom. The molecule has 1 aromatic rings. The second-order valence-electron chi connectivity index (χ2n) is 4.36. The quantitative estimate of drug-likeness (QED) is 0.654. The second-order valence-corrected chi connectivity index (χ2v) is 6.59. The van der Waals surface area contributed by atoms with Gasteiger partial charge in [-0.25, -0.2) is 8.42 Å². The fraction of sp³-hybridized carbons (Fsp3) is 0.600. The fourth-order valence-corrected chi connectivity index (χ4v) is 4.06. The summed E-state index contributed by atoms with van der Waals surface area (Å²) in [5.74, 6) is 0.423. The lowest BCUT2D eigenvalue weighted by molar-refractivity contribution is 0.286. The molecule has 0 bridgehead atoms. The highest BCUT2D eigenvalue weighted by atomic mass is 32.2. The Morgan fingerprint density at radius 1 is 1.60 bits per heavy atom. The molecule has 5 heteroatoms. The standard InChI is InChI=1S/C10H13NO3S/c1-11-5-2-3-8(11)10-4-6-15(12,13)7-9(10)14-10/h2-3,5,9H,4,6-7H2,1H3. The Bertz CT molecular complexity index is 504. The number of rotatable bonds is 1. The summed E-state index contributed by atoms with van der Waals surface area (Å²) < 4.78 is 30.4. The van der Waals surface area contributed by atoms with Gasteiger partial charge in [0.15, 0.2) is 9.84 Å². The van der Waals surface area contributed by atoms with Crippen LogP contribution >= 0.6 is 0 Å². The van der Waals surface area contributed by atoms with Crippen LogP contribution in [-0.4, -0.2) is 30.6 Å². The van der Waals surface area contributed by atoms with Crippen LogP contribution in [0, 0.1) is 0 Å². The average molecular weight is 227 g/mol. The number of aromatic nitrogens is 1. The molecule has 0 N–H and O–H groups in total. The summed E-state index contributed by atoms with van der Waals surface area (Å²) in [7, 11) is -0.902. The third-order valence-electron chi connectivity index (χ3n) is 3.38. The zero-order valence-corrected chi connectivity index (χ0v) is 9.33. The van der Waals surface area contributed by atoms with E-state index in [2.05, 4.69) is 0 Å². The van der Waals surface area contributed by atoms with Crippen LogP contribution in [0.5, 0.6) is 0 Å². The first-order chi connectivity index (χ1) is 7.04. The lowest BCUT2D eigenvalue weighted by atomic mass is 9.98. The largest absolute Gasteiger partial charge is 0.358 e. The maximum absolute atomic E-state index is 11.4. The van der Waals surface area contributed by atoms with Gasteiger partial charge in [0.2, 0.25) is 0 Å². The highest BCUT2D eigenvalue weighted by Gasteiger charge is 2.62. The lowest BCUT2D eigenvalue weighted by Gasteiger charge is -2.18. The van der Waals surface area contributed by atoms with Crippen LogP contribution in [0.2, 0.25) is 0 Å². The molecular formula is C10H13NO3S. The second kappa shape index (κ2) is 2.65. The van der Waals surface area contributed by atoms with Crippen molar-refractivity contribution in [3.8, 4) is 0 Å². The van der Waals surface area contributed by atoms with Crippen LogP contribution in [0.3, 0.4) is 0 Å². The molecule has 0 amide bonds. The molecule has 0 aliphatic carbocycles. The van der Waals surface area contributed by atoms with Gasteiger partial charge >= 0.3 is 0 Å². The van der Waals surface area contributed by atoms with Crippen molar-refractivity contribution in [3.63, 3.8) is 0 Å². The van der Waals surface area contributed by atoms with Gasteiger partial charge in [0.1, 0.15) is 11.7 Å². The van der Waals surface area contributed by atoms with Gasteiger partial charge in [-0.3, -0.25) is 0 Å². The molecule has 2 unspecified atom stereocenters. The predicted octanol–water partition coefficient (Wildman–Crippen LogP) is 0.438. The number of sulfone groups is 1. The molecule has 2 saturated heterocycles. The van der Waals surface area contributed by atoms with Gasteiger partial charge in [-0.05, 0) is 18.6 Å². The first kappa shape index (κ1) is 9.42. The van der Waals surface area contributed by atoms with E-state index in [4.69, 9.17) is 4.74 Å². The van der Waals surface area contributed by atoms with E-state index in [0.29, 0.717) is 6.42 Å². The molecule has 3 rings (SSSR count). The third-order valence-corrected chi connectivity index (χ3v) is 5.02. The molecule has 0 saturated carbocycles. The summed E-state index contributed by atoms with van der Waals surface area (Å²) in [5.41, 5.74) is 0.797. The minimum absolute atomic E-state index is 0.121. The molecule has 3 heterocycles. The Morgan fingerprint density at radius 3 is 3.00 bits per heavy atom. The van der Waals surface area contributed by atoms with Gasteiger partial charge < -0.3 is 9.30 Å². The van der Waals surface area contributed by atoms with Crippen molar-refractivity contribution in [2.75, 3.05) is 11.5 Å². The molecular weight excluding hydrogens is 214 g/mol. The predicted molar refractivity (Wildman–Crippen MR) is 55.2 cm³/mol. The number of hydrogen-bond acceptors (Lipinski definition) is 3. The molecule has 1 aromatic heterocycles. The number of fused-ring (bicyclic) bond motifs is 1. The van der Waals surface area contributed by atoms with E-state index in [-0.39, 0.29) is 23.2 Å². The van der Waals surface area contributed by atoms with E-state index in [1.807, 2.05) is 29.9 Å². The summed E-state index contributed by atoms with van der Waals surface area (Å²) in [6.07, 6.45) is 2.44. The van der Waals surface area contributed by atoms with Crippen molar-refractivity contribution in [2.24, 2.45) is 7.05 Å². The first-order valence-electron chi connectivity index (χ1n) is 5.04. The third kappa shape index (κ3) is 1.26.